The van der Waals surface area contributed by atoms with Crippen LogP contribution in [0.1, 0.15) is 39.0 Å². The van der Waals surface area contributed by atoms with Crippen LogP contribution in [0.25, 0.3) is 0 Å². The molecule has 1 heteroatoms. The minimum atomic E-state index is 0.779. The summed E-state index contributed by atoms with van der Waals surface area (Å²) in [6.45, 7) is 5.79. The molecule has 0 aliphatic heterocycles. The Labute approximate surface area is 74.9 Å². The second-order valence-electron chi connectivity index (χ2n) is 2.64. The van der Waals surface area contributed by atoms with Gasteiger partial charge in [0.05, 0.1) is 0 Å². The number of rotatable bonds is 6. The van der Waals surface area contributed by atoms with Gasteiger partial charge in [-0.25, -0.2) is 0 Å². The zero-order valence-corrected chi connectivity index (χ0v) is 8.03. The maximum absolute atomic E-state index is 5.72. The van der Waals surface area contributed by atoms with Gasteiger partial charge in [0, 0.05) is 5.03 Å². The normalized spacial score (nSPS) is 11.6. The van der Waals surface area contributed by atoms with Crippen LogP contribution in [0.2, 0.25) is 0 Å². The summed E-state index contributed by atoms with van der Waals surface area (Å²) in [6.07, 6.45) is 9.99. The monoisotopic (exact) mass is 172 g/mol. The van der Waals surface area contributed by atoms with E-state index in [4.69, 9.17) is 11.6 Å². The predicted molar refractivity (Wildman–Crippen MR) is 52.9 cm³/mol. The molecule has 0 aliphatic carbocycles. The molecule has 0 aliphatic rings. The van der Waals surface area contributed by atoms with Crippen molar-refractivity contribution in [3.05, 3.63) is 23.8 Å². The van der Waals surface area contributed by atoms with Crippen LogP contribution in [0, 0.1) is 0 Å². The first-order chi connectivity index (χ1) is 5.31. The molecule has 0 atom stereocenters. The van der Waals surface area contributed by atoms with Gasteiger partial charge in [-0.2, -0.15) is 0 Å². The van der Waals surface area contributed by atoms with Gasteiger partial charge in [0.15, 0.2) is 0 Å². The van der Waals surface area contributed by atoms with Crippen molar-refractivity contribution in [1.82, 2.24) is 0 Å². The Bertz CT molecular complexity index is 125. The Morgan fingerprint density at radius 1 is 1.36 bits per heavy atom. The third-order valence-corrected chi connectivity index (χ3v) is 1.90. The van der Waals surface area contributed by atoms with E-state index in [1.54, 1.807) is 6.08 Å². The fourth-order valence-corrected chi connectivity index (χ4v) is 1.00. The van der Waals surface area contributed by atoms with Gasteiger partial charge in [-0.3, -0.25) is 0 Å². The third kappa shape index (κ3) is 7.67. The van der Waals surface area contributed by atoms with Crippen molar-refractivity contribution in [1.29, 1.82) is 0 Å². The lowest BCUT2D eigenvalue weighted by atomic mass is 10.1. The molecule has 0 heterocycles. The molecule has 0 saturated heterocycles. The van der Waals surface area contributed by atoms with Gasteiger partial charge in [0.1, 0.15) is 0 Å². The molecular weight excluding hydrogens is 156 g/mol. The molecule has 0 spiro atoms. The number of allylic oxidation sites excluding steroid dienone is 3. The van der Waals surface area contributed by atoms with Crippen molar-refractivity contribution in [2.45, 2.75) is 39.0 Å². The summed E-state index contributed by atoms with van der Waals surface area (Å²) in [5.74, 6) is 0. The molecule has 0 unspecified atom stereocenters. The van der Waals surface area contributed by atoms with E-state index < -0.39 is 0 Å². The van der Waals surface area contributed by atoms with E-state index in [-0.39, 0.29) is 0 Å². The number of hydrogen-bond donors (Lipinski definition) is 0. The van der Waals surface area contributed by atoms with Crippen LogP contribution < -0.4 is 0 Å². The first-order valence-electron chi connectivity index (χ1n) is 4.29. The van der Waals surface area contributed by atoms with Crippen molar-refractivity contribution in [3.8, 4) is 0 Å². The van der Waals surface area contributed by atoms with Crippen molar-refractivity contribution < 1.29 is 0 Å². The summed E-state index contributed by atoms with van der Waals surface area (Å²) in [7, 11) is 0. The topological polar surface area (TPSA) is 0 Å². The third-order valence-electron chi connectivity index (χ3n) is 1.59. The molecule has 0 fully saturated rings. The largest absolute Gasteiger partial charge is 0.0976 e. The van der Waals surface area contributed by atoms with Gasteiger partial charge in [-0.1, -0.05) is 56.5 Å². The predicted octanol–water partition coefficient (Wildman–Crippen LogP) is 4.27. The lowest BCUT2D eigenvalue weighted by molar-refractivity contribution is 0.674. The molecule has 0 rings (SSSR count). The molecule has 0 aromatic carbocycles. The van der Waals surface area contributed by atoms with Crippen LogP contribution in [0.4, 0.5) is 0 Å². The van der Waals surface area contributed by atoms with Gasteiger partial charge in [0.2, 0.25) is 0 Å². The smallest absolute Gasteiger partial charge is 0.0360 e. The molecule has 0 nitrogen and oxygen atoms in total. The Kier molecular flexibility index (Phi) is 7.71. The van der Waals surface area contributed by atoms with E-state index in [0.717, 1.165) is 11.5 Å². The second kappa shape index (κ2) is 7.87. The Hall–Kier alpha value is -0.230. The summed E-state index contributed by atoms with van der Waals surface area (Å²) in [5.41, 5.74) is 0. The minimum absolute atomic E-state index is 0.779. The first-order valence-corrected chi connectivity index (χ1v) is 4.67. The van der Waals surface area contributed by atoms with E-state index >= 15 is 0 Å². The Morgan fingerprint density at radius 3 is 2.64 bits per heavy atom. The van der Waals surface area contributed by atoms with Gasteiger partial charge < -0.3 is 0 Å². The van der Waals surface area contributed by atoms with Crippen LogP contribution in [-0.2, 0) is 0 Å². The summed E-state index contributed by atoms with van der Waals surface area (Å²) < 4.78 is 0. The average molecular weight is 173 g/mol. The van der Waals surface area contributed by atoms with Crippen LogP contribution in [0.5, 0.6) is 0 Å². The van der Waals surface area contributed by atoms with Gasteiger partial charge >= 0.3 is 0 Å². The van der Waals surface area contributed by atoms with Crippen LogP contribution in [0.15, 0.2) is 23.8 Å². The lowest BCUT2D eigenvalue weighted by Gasteiger charge is -1.94. The van der Waals surface area contributed by atoms with E-state index in [1.807, 2.05) is 6.08 Å². The lowest BCUT2D eigenvalue weighted by Crippen LogP contribution is -1.74. The van der Waals surface area contributed by atoms with Gasteiger partial charge in [0.25, 0.3) is 0 Å². The summed E-state index contributed by atoms with van der Waals surface area (Å²) in [6, 6.07) is 0. The standard InChI is InChI=1S/C10H17Cl/c1-3-5-6-7-8-9-10(11)4-2/h4,9H,2-3,5-8H2,1H3/b10-9-. The fraction of sp³-hybridized carbons (Fsp3) is 0.600. The highest BCUT2D eigenvalue weighted by Crippen LogP contribution is 2.08. The number of unbranched alkanes of at least 4 members (excludes halogenated alkanes) is 4. The average Bonchev–Trinajstić information content (AvgIpc) is 2.04. The molecular formula is C10H17Cl. The highest BCUT2D eigenvalue weighted by Gasteiger charge is 1.86. The number of halogens is 1. The van der Waals surface area contributed by atoms with Gasteiger partial charge in [-0.05, 0) is 12.8 Å². The van der Waals surface area contributed by atoms with Crippen molar-refractivity contribution in [3.63, 3.8) is 0 Å². The molecule has 0 aromatic heterocycles. The quantitative estimate of drug-likeness (QED) is 0.415. The van der Waals surface area contributed by atoms with Crippen LogP contribution in [-0.4, -0.2) is 0 Å². The molecule has 0 amide bonds. The molecule has 11 heavy (non-hydrogen) atoms. The zero-order valence-electron chi connectivity index (χ0n) is 7.28. The minimum Gasteiger partial charge on any atom is -0.0976 e. The molecule has 0 N–H and O–H groups in total. The van der Waals surface area contributed by atoms with Crippen molar-refractivity contribution in [2.75, 3.05) is 0 Å². The summed E-state index contributed by atoms with van der Waals surface area (Å²) in [4.78, 5) is 0. The highest BCUT2D eigenvalue weighted by molar-refractivity contribution is 6.31. The summed E-state index contributed by atoms with van der Waals surface area (Å²) in [5, 5.41) is 0.779. The molecule has 64 valence electrons. The van der Waals surface area contributed by atoms with E-state index in [9.17, 15) is 0 Å². The first kappa shape index (κ1) is 10.8. The summed E-state index contributed by atoms with van der Waals surface area (Å²) >= 11 is 5.72. The molecule has 0 radical (unpaired) electrons. The Morgan fingerprint density at radius 2 is 2.09 bits per heavy atom. The highest BCUT2D eigenvalue weighted by atomic mass is 35.5. The zero-order chi connectivity index (χ0) is 8.53. The van der Waals surface area contributed by atoms with E-state index in [0.29, 0.717) is 0 Å². The van der Waals surface area contributed by atoms with Crippen LogP contribution in [0.3, 0.4) is 0 Å². The molecule has 0 bridgehead atoms. The van der Waals surface area contributed by atoms with Crippen molar-refractivity contribution >= 4 is 11.6 Å². The van der Waals surface area contributed by atoms with Crippen LogP contribution >= 0.6 is 11.6 Å². The molecule has 0 aromatic rings. The van der Waals surface area contributed by atoms with E-state index in [1.165, 1.54) is 25.7 Å². The maximum Gasteiger partial charge on any atom is 0.0360 e. The Balaban J connectivity index is 3.19. The SMILES string of the molecule is C=C/C(Cl)=C/CCCCCC. The maximum atomic E-state index is 5.72. The van der Waals surface area contributed by atoms with Gasteiger partial charge in [-0.15, -0.1) is 0 Å². The molecule has 0 saturated carbocycles. The van der Waals surface area contributed by atoms with E-state index in [2.05, 4.69) is 13.5 Å². The fourth-order valence-electron chi connectivity index (χ4n) is 0.894. The second-order valence-corrected chi connectivity index (χ2v) is 3.08. The van der Waals surface area contributed by atoms with Crippen molar-refractivity contribution in [2.24, 2.45) is 0 Å². The number of hydrogen-bond acceptors (Lipinski definition) is 0.